The highest BCUT2D eigenvalue weighted by atomic mass is 32.1. The first kappa shape index (κ1) is 17.2. The number of carbonyl (C=O) groups excluding carboxylic acids is 1. The third-order valence-electron chi connectivity index (χ3n) is 4.08. The largest absolute Gasteiger partial charge is 0.504 e. The van der Waals surface area contributed by atoms with Crippen LogP contribution in [0.15, 0.2) is 47.8 Å². The van der Waals surface area contributed by atoms with Crippen LogP contribution in [0.5, 0.6) is 11.5 Å². The van der Waals surface area contributed by atoms with E-state index in [-0.39, 0.29) is 17.9 Å². The molecular weight excluding hydrogens is 336 g/mol. The third-order valence-corrected chi connectivity index (χ3v) is 4.97. The zero-order valence-electron chi connectivity index (χ0n) is 13.7. The standard InChI is InChI=1S/C20H18O4S/c1-13-18(17-8-5-9-25-17)16(15(10-21)20(23)19(13)22)12-24-11-14-6-3-2-4-7-14/h2-10,22-23H,11-12H2,1H3. The number of rotatable bonds is 6. The van der Waals surface area contributed by atoms with Crippen molar-refractivity contribution in [2.45, 2.75) is 20.1 Å². The van der Waals surface area contributed by atoms with E-state index in [1.807, 2.05) is 47.8 Å². The van der Waals surface area contributed by atoms with Gasteiger partial charge in [-0.25, -0.2) is 0 Å². The third kappa shape index (κ3) is 3.43. The van der Waals surface area contributed by atoms with Gasteiger partial charge in [0.15, 0.2) is 17.8 Å². The highest BCUT2D eigenvalue weighted by molar-refractivity contribution is 7.13. The van der Waals surface area contributed by atoms with Crippen LogP contribution in [-0.2, 0) is 18.0 Å². The average molecular weight is 354 g/mol. The maximum atomic E-state index is 11.5. The number of phenols is 2. The molecule has 0 radical (unpaired) electrons. The van der Waals surface area contributed by atoms with Crippen molar-refractivity contribution in [1.82, 2.24) is 0 Å². The summed E-state index contributed by atoms with van der Waals surface area (Å²) >= 11 is 1.50. The number of aromatic hydroxyl groups is 2. The SMILES string of the molecule is Cc1c(O)c(O)c(C=O)c(COCc2ccccc2)c1-c1cccs1. The lowest BCUT2D eigenvalue weighted by molar-refractivity contribution is 0.103. The number of thiophene rings is 1. The zero-order chi connectivity index (χ0) is 17.8. The van der Waals surface area contributed by atoms with E-state index in [0.29, 0.717) is 24.0 Å². The van der Waals surface area contributed by atoms with Crippen LogP contribution >= 0.6 is 11.3 Å². The fraction of sp³-hybridized carbons (Fsp3) is 0.150. The van der Waals surface area contributed by atoms with Crippen molar-refractivity contribution in [3.63, 3.8) is 0 Å². The topological polar surface area (TPSA) is 66.8 Å². The van der Waals surface area contributed by atoms with Crippen LogP contribution in [0.2, 0.25) is 0 Å². The van der Waals surface area contributed by atoms with E-state index in [2.05, 4.69) is 0 Å². The molecule has 0 aliphatic carbocycles. The highest BCUT2D eigenvalue weighted by Gasteiger charge is 2.22. The molecule has 3 rings (SSSR count). The van der Waals surface area contributed by atoms with E-state index in [1.54, 1.807) is 6.92 Å². The minimum Gasteiger partial charge on any atom is -0.504 e. The molecule has 5 heteroatoms. The van der Waals surface area contributed by atoms with Crippen molar-refractivity contribution in [2.24, 2.45) is 0 Å². The Balaban J connectivity index is 1.99. The number of hydrogen-bond donors (Lipinski definition) is 2. The smallest absolute Gasteiger partial charge is 0.168 e. The Hall–Kier alpha value is -2.63. The Morgan fingerprint density at radius 1 is 1.04 bits per heavy atom. The maximum absolute atomic E-state index is 11.5. The van der Waals surface area contributed by atoms with Gasteiger partial charge in [-0.15, -0.1) is 11.3 Å². The molecule has 2 aromatic carbocycles. The van der Waals surface area contributed by atoms with E-state index in [0.717, 1.165) is 16.0 Å². The fourth-order valence-electron chi connectivity index (χ4n) is 2.80. The van der Waals surface area contributed by atoms with Gasteiger partial charge in [0.25, 0.3) is 0 Å². The monoisotopic (exact) mass is 354 g/mol. The molecule has 128 valence electrons. The molecule has 2 N–H and O–H groups in total. The highest BCUT2D eigenvalue weighted by Crippen LogP contribution is 2.43. The van der Waals surface area contributed by atoms with Crippen LogP contribution in [0.1, 0.15) is 27.0 Å². The number of hydrogen-bond acceptors (Lipinski definition) is 5. The first-order valence-corrected chi connectivity index (χ1v) is 8.69. The number of phenolic OH excluding ortho intramolecular Hbond substituents is 2. The molecule has 0 fully saturated rings. The van der Waals surface area contributed by atoms with Gasteiger partial charge in [0.2, 0.25) is 0 Å². The van der Waals surface area contributed by atoms with Crippen LogP contribution < -0.4 is 0 Å². The summed E-state index contributed by atoms with van der Waals surface area (Å²) in [5.41, 5.74) is 2.94. The summed E-state index contributed by atoms with van der Waals surface area (Å²) < 4.78 is 5.79. The van der Waals surface area contributed by atoms with Gasteiger partial charge in [0.1, 0.15) is 0 Å². The minimum atomic E-state index is -0.397. The van der Waals surface area contributed by atoms with Crippen LogP contribution in [0.3, 0.4) is 0 Å². The second-order valence-corrected chi connectivity index (χ2v) is 6.61. The second kappa shape index (κ2) is 7.51. The molecule has 25 heavy (non-hydrogen) atoms. The Morgan fingerprint density at radius 3 is 2.44 bits per heavy atom. The predicted octanol–water partition coefficient (Wildman–Crippen LogP) is 4.66. The Bertz CT molecular complexity index is 871. The van der Waals surface area contributed by atoms with Gasteiger partial charge < -0.3 is 14.9 Å². The molecule has 1 aromatic heterocycles. The zero-order valence-corrected chi connectivity index (χ0v) is 14.5. The first-order chi connectivity index (χ1) is 12.1. The van der Waals surface area contributed by atoms with Gasteiger partial charge in [0.05, 0.1) is 18.8 Å². The summed E-state index contributed by atoms with van der Waals surface area (Å²) in [5.74, 6) is -0.663. The van der Waals surface area contributed by atoms with E-state index < -0.39 is 5.75 Å². The molecule has 0 saturated heterocycles. The van der Waals surface area contributed by atoms with Crippen molar-refractivity contribution in [1.29, 1.82) is 0 Å². The van der Waals surface area contributed by atoms with Gasteiger partial charge in [-0.2, -0.15) is 0 Å². The lowest BCUT2D eigenvalue weighted by Gasteiger charge is -2.17. The molecular formula is C20H18O4S. The molecule has 0 aliphatic heterocycles. The van der Waals surface area contributed by atoms with E-state index >= 15 is 0 Å². The normalized spacial score (nSPS) is 10.8. The fourth-order valence-corrected chi connectivity index (χ4v) is 3.66. The number of carbonyl (C=O) groups is 1. The molecule has 3 aromatic rings. The van der Waals surface area contributed by atoms with Gasteiger partial charge in [-0.05, 0) is 23.9 Å². The Kier molecular flexibility index (Phi) is 5.16. The van der Waals surface area contributed by atoms with Crippen LogP contribution in [0, 0.1) is 6.92 Å². The Labute approximate surface area is 150 Å². The number of benzene rings is 2. The number of aldehydes is 1. The quantitative estimate of drug-likeness (QED) is 0.499. The van der Waals surface area contributed by atoms with E-state index in [4.69, 9.17) is 4.74 Å². The summed E-state index contributed by atoms with van der Waals surface area (Å²) in [4.78, 5) is 12.5. The summed E-state index contributed by atoms with van der Waals surface area (Å²) in [6.07, 6.45) is 0.562. The average Bonchev–Trinajstić information content (AvgIpc) is 3.15. The molecule has 0 aliphatic rings. The molecule has 0 saturated carbocycles. The molecule has 1 heterocycles. The van der Waals surface area contributed by atoms with Crippen LogP contribution in [0.4, 0.5) is 0 Å². The summed E-state index contributed by atoms with van der Waals surface area (Å²) in [6, 6.07) is 13.5. The van der Waals surface area contributed by atoms with Crippen LogP contribution in [-0.4, -0.2) is 16.5 Å². The van der Waals surface area contributed by atoms with E-state index in [1.165, 1.54) is 11.3 Å². The van der Waals surface area contributed by atoms with Gasteiger partial charge in [0, 0.05) is 21.6 Å². The second-order valence-electron chi connectivity index (χ2n) is 5.66. The van der Waals surface area contributed by atoms with Crippen molar-refractivity contribution < 1.29 is 19.7 Å². The summed E-state index contributed by atoms with van der Waals surface area (Å²) in [7, 11) is 0. The molecule has 0 unspecified atom stereocenters. The lowest BCUT2D eigenvalue weighted by atomic mass is 9.94. The van der Waals surface area contributed by atoms with Gasteiger partial charge >= 0.3 is 0 Å². The first-order valence-electron chi connectivity index (χ1n) is 7.81. The van der Waals surface area contributed by atoms with Crippen molar-refractivity contribution in [2.75, 3.05) is 0 Å². The van der Waals surface area contributed by atoms with Crippen LogP contribution in [0.25, 0.3) is 10.4 Å². The van der Waals surface area contributed by atoms with Crippen molar-refractivity contribution >= 4 is 17.6 Å². The molecule has 0 atom stereocenters. The van der Waals surface area contributed by atoms with Gasteiger partial charge in [-0.1, -0.05) is 36.4 Å². The summed E-state index contributed by atoms with van der Waals surface area (Å²) in [6.45, 7) is 2.27. The Morgan fingerprint density at radius 2 is 1.80 bits per heavy atom. The van der Waals surface area contributed by atoms with Gasteiger partial charge in [-0.3, -0.25) is 4.79 Å². The van der Waals surface area contributed by atoms with Crippen molar-refractivity contribution in [3.05, 3.63) is 70.1 Å². The molecule has 0 bridgehead atoms. The molecule has 0 spiro atoms. The number of ether oxygens (including phenoxy) is 1. The molecule has 4 nitrogen and oxygen atoms in total. The lowest BCUT2D eigenvalue weighted by Crippen LogP contribution is -2.03. The predicted molar refractivity (Wildman–Crippen MR) is 98.1 cm³/mol. The minimum absolute atomic E-state index is 0.0690. The maximum Gasteiger partial charge on any atom is 0.168 e. The molecule has 0 amide bonds. The van der Waals surface area contributed by atoms with Crippen molar-refractivity contribution in [3.8, 4) is 21.9 Å². The summed E-state index contributed by atoms with van der Waals surface area (Å²) in [5, 5.41) is 22.3. The van der Waals surface area contributed by atoms with E-state index in [9.17, 15) is 15.0 Å².